The summed E-state index contributed by atoms with van der Waals surface area (Å²) in [6.45, 7) is 4.39. The van der Waals surface area contributed by atoms with E-state index in [2.05, 4.69) is 13.0 Å². The maximum Gasteiger partial charge on any atom is 0.319 e. The van der Waals surface area contributed by atoms with Crippen LogP contribution in [0.5, 0.6) is 5.75 Å². The third-order valence-corrected chi connectivity index (χ3v) is 3.74. The molecule has 0 spiro atoms. The molecule has 2 rings (SSSR count). The molecule has 4 nitrogen and oxygen atoms in total. The summed E-state index contributed by atoms with van der Waals surface area (Å²) in [5.41, 5.74) is 1.16. The number of hydrogen-bond acceptors (Lipinski definition) is 2. The van der Waals surface area contributed by atoms with E-state index in [0.29, 0.717) is 12.5 Å². The fourth-order valence-corrected chi connectivity index (χ4v) is 2.58. The smallest absolute Gasteiger partial charge is 0.319 e. The largest absolute Gasteiger partial charge is 0.493 e. The minimum Gasteiger partial charge on any atom is -0.493 e. The van der Waals surface area contributed by atoms with Crippen LogP contribution in [-0.2, 0) is 0 Å². The molecule has 1 fully saturated rings. The number of ether oxygens (including phenoxy) is 1. The molecule has 1 aliphatic heterocycles. The number of benzene rings is 1. The van der Waals surface area contributed by atoms with Crippen LogP contribution in [0, 0.1) is 12.8 Å². The van der Waals surface area contributed by atoms with Gasteiger partial charge in [-0.1, -0.05) is 18.2 Å². The molecule has 1 unspecified atom stereocenters. The first-order valence-electron chi connectivity index (χ1n) is 7.22. The van der Waals surface area contributed by atoms with Crippen molar-refractivity contribution < 1.29 is 9.53 Å². The van der Waals surface area contributed by atoms with Crippen molar-refractivity contribution in [3.05, 3.63) is 29.8 Å². The average Bonchev–Trinajstić information content (AvgIpc) is 2.46. The van der Waals surface area contributed by atoms with Crippen molar-refractivity contribution in [3.8, 4) is 5.75 Å². The topological polar surface area (TPSA) is 32.8 Å². The lowest BCUT2D eigenvalue weighted by atomic mass is 9.99. The van der Waals surface area contributed by atoms with E-state index in [9.17, 15) is 4.79 Å². The molecule has 1 aliphatic rings. The van der Waals surface area contributed by atoms with Crippen LogP contribution in [0.3, 0.4) is 0 Å². The third-order valence-electron chi connectivity index (χ3n) is 3.74. The fourth-order valence-electron chi connectivity index (χ4n) is 2.58. The maximum atomic E-state index is 12.0. The zero-order valence-electron chi connectivity index (χ0n) is 12.6. The number of amides is 2. The standard InChI is InChI=1S/C16H24N2O2/c1-13-7-4-5-9-15(13)20-12-14-8-6-10-18(11-14)16(19)17(2)3/h4-5,7,9,14H,6,8,10-12H2,1-3H3. The minimum absolute atomic E-state index is 0.102. The van der Waals surface area contributed by atoms with E-state index in [-0.39, 0.29) is 6.03 Å². The molecule has 1 saturated heterocycles. The fraction of sp³-hybridized carbons (Fsp3) is 0.562. The van der Waals surface area contributed by atoms with Crippen LogP contribution in [-0.4, -0.2) is 49.6 Å². The van der Waals surface area contributed by atoms with Crippen LogP contribution in [0.15, 0.2) is 24.3 Å². The Kier molecular flexibility index (Phi) is 4.88. The number of rotatable bonds is 3. The molecule has 1 aromatic carbocycles. The summed E-state index contributed by atoms with van der Waals surface area (Å²) >= 11 is 0. The van der Waals surface area contributed by atoms with Gasteiger partial charge in [0.1, 0.15) is 5.75 Å². The van der Waals surface area contributed by atoms with Gasteiger partial charge in [0.05, 0.1) is 6.61 Å². The van der Waals surface area contributed by atoms with Gasteiger partial charge in [0, 0.05) is 33.1 Å². The summed E-state index contributed by atoms with van der Waals surface area (Å²) < 4.78 is 5.91. The Morgan fingerprint density at radius 1 is 1.40 bits per heavy atom. The van der Waals surface area contributed by atoms with Crippen molar-refractivity contribution in [2.45, 2.75) is 19.8 Å². The van der Waals surface area contributed by atoms with Crippen molar-refractivity contribution in [2.24, 2.45) is 5.92 Å². The molecule has 0 aromatic heterocycles. The lowest BCUT2D eigenvalue weighted by molar-refractivity contribution is 0.122. The predicted octanol–water partition coefficient (Wildman–Crippen LogP) is 2.77. The molecule has 1 aromatic rings. The molecule has 110 valence electrons. The number of piperidine rings is 1. The second kappa shape index (κ2) is 6.64. The van der Waals surface area contributed by atoms with Crippen molar-refractivity contribution >= 4 is 6.03 Å². The summed E-state index contributed by atoms with van der Waals surface area (Å²) in [6, 6.07) is 8.16. The zero-order valence-corrected chi connectivity index (χ0v) is 12.6. The third kappa shape index (κ3) is 3.65. The number of carbonyl (C=O) groups excluding carboxylic acids is 1. The second-order valence-corrected chi connectivity index (χ2v) is 5.71. The molecule has 0 bridgehead atoms. The lowest BCUT2D eigenvalue weighted by Crippen LogP contribution is -2.46. The number of carbonyl (C=O) groups is 1. The summed E-state index contributed by atoms with van der Waals surface area (Å²) in [4.78, 5) is 15.6. The van der Waals surface area contributed by atoms with Gasteiger partial charge in [0.2, 0.25) is 0 Å². The van der Waals surface area contributed by atoms with Crippen LogP contribution in [0.4, 0.5) is 4.79 Å². The Hall–Kier alpha value is -1.71. The zero-order chi connectivity index (χ0) is 14.5. The molecular weight excluding hydrogens is 252 g/mol. The van der Waals surface area contributed by atoms with Crippen LogP contribution in [0.2, 0.25) is 0 Å². The van der Waals surface area contributed by atoms with E-state index in [1.165, 1.54) is 0 Å². The van der Waals surface area contributed by atoms with Crippen LogP contribution < -0.4 is 4.74 Å². The van der Waals surface area contributed by atoms with Gasteiger partial charge in [-0.3, -0.25) is 0 Å². The van der Waals surface area contributed by atoms with Crippen molar-refractivity contribution in [2.75, 3.05) is 33.8 Å². The Balaban J connectivity index is 1.87. The molecule has 0 N–H and O–H groups in total. The second-order valence-electron chi connectivity index (χ2n) is 5.71. The number of hydrogen-bond donors (Lipinski definition) is 0. The molecule has 0 radical (unpaired) electrons. The highest BCUT2D eigenvalue weighted by Crippen LogP contribution is 2.21. The molecule has 20 heavy (non-hydrogen) atoms. The summed E-state index contributed by atoms with van der Waals surface area (Å²) in [5, 5.41) is 0. The van der Waals surface area contributed by atoms with E-state index in [1.54, 1.807) is 19.0 Å². The highest BCUT2D eigenvalue weighted by molar-refractivity contribution is 5.73. The van der Waals surface area contributed by atoms with Gasteiger partial charge in [0.15, 0.2) is 0 Å². The highest BCUT2D eigenvalue weighted by atomic mass is 16.5. The van der Waals surface area contributed by atoms with E-state index >= 15 is 0 Å². The van der Waals surface area contributed by atoms with Crippen molar-refractivity contribution in [1.29, 1.82) is 0 Å². The first-order chi connectivity index (χ1) is 9.58. The summed E-state index contributed by atoms with van der Waals surface area (Å²) in [5.74, 6) is 1.37. The van der Waals surface area contributed by atoms with Crippen LogP contribution >= 0.6 is 0 Å². The first-order valence-corrected chi connectivity index (χ1v) is 7.22. The Morgan fingerprint density at radius 2 is 2.15 bits per heavy atom. The number of urea groups is 1. The highest BCUT2D eigenvalue weighted by Gasteiger charge is 2.25. The Labute approximate surface area is 121 Å². The van der Waals surface area contributed by atoms with Crippen molar-refractivity contribution in [1.82, 2.24) is 9.80 Å². The molecule has 1 heterocycles. The number of aryl methyl sites for hydroxylation is 1. The molecule has 0 saturated carbocycles. The monoisotopic (exact) mass is 276 g/mol. The Morgan fingerprint density at radius 3 is 2.85 bits per heavy atom. The van der Waals surface area contributed by atoms with E-state index in [1.807, 2.05) is 23.1 Å². The molecular formula is C16H24N2O2. The van der Waals surface area contributed by atoms with E-state index < -0.39 is 0 Å². The number of nitrogens with zero attached hydrogens (tertiary/aromatic N) is 2. The van der Waals surface area contributed by atoms with Gasteiger partial charge in [-0.25, -0.2) is 4.79 Å². The van der Waals surface area contributed by atoms with Gasteiger partial charge < -0.3 is 14.5 Å². The average molecular weight is 276 g/mol. The molecule has 0 aliphatic carbocycles. The SMILES string of the molecule is Cc1ccccc1OCC1CCCN(C(=O)N(C)C)C1. The van der Waals surface area contributed by atoms with Gasteiger partial charge in [-0.15, -0.1) is 0 Å². The van der Waals surface area contributed by atoms with E-state index in [0.717, 1.165) is 37.2 Å². The van der Waals surface area contributed by atoms with Crippen LogP contribution in [0.25, 0.3) is 0 Å². The van der Waals surface area contributed by atoms with Gasteiger partial charge in [-0.2, -0.15) is 0 Å². The van der Waals surface area contributed by atoms with Crippen LogP contribution in [0.1, 0.15) is 18.4 Å². The van der Waals surface area contributed by atoms with Crippen molar-refractivity contribution in [3.63, 3.8) is 0 Å². The Bertz CT molecular complexity index is 460. The van der Waals surface area contributed by atoms with Gasteiger partial charge in [0.25, 0.3) is 0 Å². The lowest BCUT2D eigenvalue weighted by Gasteiger charge is -2.34. The van der Waals surface area contributed by atoms with Gasteiger partial charge in [-0.05, 0) is 31.4 Å². The number of para-hydroxylation sites is 1. The van der Waals surface area contributed by atoms with E-state index in [4.69, 9.17) is 4.74 Å². The number of likely N-dealkylation sites (tertiary alicyclic amines) is 1. The minimum atomic E-state index is 0.102. The molecule has 1 atom stereocenters. The maximum absolute atomic E-state index is 12.0. The van der Waals surface area contributed by atoms with Gasteiger partial charge >= 0.3 is 6.03 Å². The predicted molar refractivity (Wildman–Crippen MR) is 80.1 cm³/mol. The quantitative estimate of drug-likeness (QED) is 0.850. The first kappa shape index (κ1) is 14.7. The molecule has 2 amide bonds. The summed E-state index contributed by atoms with van der Waals surface area (Å²) in [6.07, 6.45) is 2.18. The normalized spacial score (nSPS) is 18.8. The molecule has 4 heteroatoms. The summed E-state index contributed by atoms with van der Waals surface area (Å²) in [7, 11) is 3.60.